The van der Waals surface area contributed by atoms with E-state index in [1.54, 1.807) is 0 Å². The number of hydrogen-bond donors (Lipinski definition) is 1. The maximum atomic E-state index is 13.8. The van der Waals surface area contributed by atoms with Crippen molar-refractivity contribution in [2.45, 2.75) is 19.4 Å². The molecule has 0 radical (unpaired) electrons. The van der Waals surface area contributed by atoms with Crippen molar-refractivity contribution in [2.24, 2.45) is 5.92 Å². The molecule has 1 N–H and O–H groups in total. The van der Waals surface area contributed by atoms with Gasteiger partial charge in [-0.15, -0.1) is 0 Å². The molecule has 0 heterocycles. The van der Waals surface area contributed by atoms with Crippen LogP contribution in [0.25, 0.3) is 0 Å². The van der Waals surface area contributed by atoms with E-state index in [4.69, 9.17) is 5.11 Å². The van der Waals surface area contributed by atoms with E-state index < -0.39 is 10.7 Å². The lowest BCUT2D eigenvalue weighted by molar-refractivity contribution is -0.386. The number of aliphatic hydroxyl groups excluding tert-OH is 1. The molecule has 0 unspecified atom stereocenters. The highest BCUT2D eigenvalue weighted by Crippen LogP contribution is 2.31. The molecule has 2 rings (SSSR count). The van der Waals surface area contributed by atoms with Crippen LogP contribution in [0.1, 0.15) is 18.4 Å². The Morgan fingerprint density at radius 3 is 2.79 bits per heavy atom. The van der Waals surface area contributed by atoms with Gasteiger partial charge in [-0.05, 0) is 24.8 Å². The average molecular weight is 268 g/mol. The number of nitro benzene ring substituents is 1. The van der Waals surface area contributed by atoms with E-state index in [1.807, 2.05) is 4.90 Å². The minimum absolute atomic E-state index is 0.0328. The topological polar surface area (TPSA) is 66.6 Å². The third-order valence-electron chi connectivity index (χ3n) is 3.30. The summed E-state index contributed by atoms with van der Waals surface area (Å²) in [5.41, 5.74) is -0.0969. The SMILES string of the molecule is O=[N+]([O-])c1cccc(F)c1CN(CCO)CC1CC1. The van der Waals surface area contributed by atoms with Crippen LogP contribution in [0.4, 0.5) is 10.1 Å². The van der Waals surface area contributed by atoms with Gasteiger partial charge in [-0.25, -0.2) is 4.39 Å². The van der Waals surface area contributed by atoms with Crippen molar-refractivity contribution in [2.75, 3.05) is 19.7 Å². The van der Waals surface area contributed by atoms with Gasteiger partial charge in [-0.3, -0.25) is 15.0 Å². The molecule has 0 atom stereocenters. The molecule has 1 saturated carbocycles. The van der Waals surface area contributed by atoms with E-state index in [2.05, 4.69) is 0 Å². The minimum Gasteiger partial charge on any atom is -0.395 e. The summed E-state index contributed by atoms with van der Waals surface area (Å²) in [4.78, 5) is 12.2. The van der Waals surface area contributed by atoms with E-state index in [0.717, 1.165) is 19.4 Å². The van der Waals surface area contributed by atoms with E-state index in [-0.39, 0.29) is 24.4 Å². The highest BCUT2D eigenvalue weighted by molar-refractivity contribution is 5.40. The molecule has 0 amide bonds. The lowest BCUT2D eigenvalue weighted by atomic mass is 10.1. The summed E-state index contributed by atoms with van der Waals surface area (Å²) in [6, 6.07) is 3.89. The predicted molar refractivity (Wildman–Crippen MR) is 68.1 cm³/mol. The number of nitrogens with zero attached hydrogens (tertiary/aromatic N) is 2. The highest BCUT2D eigenvalue weighted by atomic mass is 19.1. The van der Waals surface area contributed by atoms with Gasteiger partial charge >= 0.3 is 0 Å². The van der Waals surface area contributed by atoms with Crippen molar-refractivity contribution in [3.05, 3.63) is 39.7 Å². The van der Waals surface area contributed by atoms with Crippen LogP contribution in [0.2, 0.25) is 0 Å². The molecule has 1 aliphatic rings. The Hall–Kier alpha value is -1.53. The first-order valence-electron chi connectivity index (χ1n) is 6.36. The zero-order valence-corrected chi connectivity index (χ0v) is 10.6. The number of nitro groups is 1. The van der Waals surface area contributed by atoms with Gasteiger partial charge in [0.05, 0.1) is 17.1 Å². The fraction of sp³-hybridized carbons (Fsp3) is 0.538. The first-order chi connectivity index (χ1) is 9.11. The molecule has 0 bridgehead atoms. The van der Waals surface area contributed by atoms with Crippen molar-refractivity contribution < 1.29 is 14.4 Å². The molecule has 1 aromatic rings. The van der Waals surface area contributed by atoms with Gasteiger partial charge < -0.3 is 5.11 Å². The largest absolute Gasteiger partial charge is 0.395 e. The van der Waals surface area contributed by atoms with Gasteiger partial charge in [0, 0.05) is 25.7 Å². The molecule has 19 heavy (non-hydrogen) atoms. The van der Waals surface area contributed by atoms with Crippen molar-refractivity contribution in [3.8, 4) is 0 Å². The summed E-state index contributed by atoms with van der Waals surface area (Å²) in [5, 5.41) is 19.9. The first kappa shape index (κ1) is 13.9. The third kappa shape index (κ3) is 3.71. The molecule has 5 nitrogen and oxygen atoms in total. The zero-order chi connectivity index (χ0) is 13.8. The number of benzene rings is 1. The Morgan fingerprint density at radius 1 is 1.47 bits per heavy atom. The van der Waals surface area contributed by atoms with Crippen LogP contribution in [0.3, 0.4) is 0 Å². The fourth-order valence-corrected chi connectivity index (χ4v) is 2.14. The van der Waals surface area contributed by atoms with Crippen LogP contribution in [-0.2, 0) is 6.54 Å². The molecular formula is C13H17FN2O3. The molecule has 0 aromatic heterocycles. The number of hydrogen-bond acceptors (Lipinski definition) is 4. The van der Waals surface area contributed by atoms with Gasteiger partial charge in [-0.1, -0.05) is 6.07 Å². The molecule has 1 aliphatic carbocycles. The van der Waals surface area contributed by atoms with Crippen LogP contribution < -0.4 is 0 Å². The first-order valence-corrected chi connectivity index (χ1v) is 6.36. The molecule has 0 saturated heterocycles. The lowest BCUT2D eigenvalue weighted by Gasteiger charge is -2.21. The van der Waals surface area contributed by atoms with Gasteiger partial charge in [0.1, 0.15) is 5.82 Å². The number of rotatable bonds is 7. The monoisotopic (exact) mass is 268 g/mol. The average Bonchev–Trinajstić information content (AvgIpc) is 3.15. The van der Waals surface area contributed by atoms with Crippen LogP contribution in [0.5, 0.6) is 0 Å². The van der Waals surface area contributed by atoms with E-state index in [0.29, 0.717) is 12.5 Å². The molecule has 0 aliphatic heterocycles. The fourth-order valence-electron chi connectivity index (χ4n) is 2.14. The standard InChI is InChI=1S/C13H17FN2O3/c14-12-2-1-3-13(16(18)19)11(12)9-15(6-7-17)8-10-4-5-10/h1-3,10,17H,4-9H2. The van der Waals surface area contributed by atoms with E-state index in [9.17, 15) is 14.5 Å². The van der Waals surface area contributed by atoms with Gasteiger partial charge in [0.25, 0.3) is 5.69 Å². The van der Waals surface area contributed by atoms with Gasteiger partial charge in [-0.2, -0.15) is 0 Å². The normalized spacial score (nSPS) is 14.9. The Bertz CT molecular complexity index is 463. The predicted octanol–water partition coefficient (Wildman–Crippen LogP) is 1.94. The molecule has 6 heteroatoms. The smallest absolute Gasteiger partial charge is 0.276 e. The summed E-state index contributed by atoms with van der Waals surface area (Å²) < 4.78 is 13.8. The van der Waals surface area contributed by atoms with Crippen molar-refractivity contribution in [1.29, 1.82) is 0 Å². The van der Waals surface area contributed by atoms with Crippen LogP contribution >= 0.6 is 0 Å². The van der Waals surface area contributed by atoms with Crippen LogP contribution in [0, 0.1) is 21.8 Å². The van der Waals surface area contributed by atoms with Crippen LogP contribution in [0.15, 0.2) is 18.2 Å². The summed E-state index contributed by atoms with van der Waals surface area (Å²) in [6.45, 7) is 1.29. The highest BCUT2D eigenvalue weighted by Gasteiger charge is 2.26. The number of aliphatic hydroxyl groups is 1. The molecule has 1 aromatic carbocycles. The maximum Gasteiger partial charge on any atom is 0.276 e. The Balaban J connectivity index is 2.16. The van der Waals surface area contributed by atoms with Crippen molar-refractivity contribution >= 4 is 5.69 Å². The minimum atomic E-state index is -0.563. The second-order valence-electron chi connectivity index (χ2n) is 4.90. The molecule has 1 fully saturated rings. The Morgan fingerprint density at radius 2 is 2.21 bits per heavy atom. The Kier molecular flexibility index (Phi) is 4.44. The molecular weight excluding hydrogens is 251 g/mol. The zero-order valence-electron chi connectivity index (χ0n) is 10.6. The van der Waals surface area contributed by atoms with Crippen molar-refractivity contribution in [1.82, 2.24) is 4.90 Å². The summed E-state index contributed by atoms with van der Waals surface area (Å²) in [7, 11) is 0. The summed E-state index contributed by atoms with van der Waals surface area (Å²) in [6.07, 6.45) is 2.28. The summed E-state index contributed by atoms with van der Waals surface area (Å²) in [5.74, 6) is 0.0188. The molecule has 0 spiro atoms. The van der Waals surface area contributed by atoms with Gasteiger partial charge in [0.15, 0.2) is 0 Å². The van der Waals surface area contributed by atoms with Gasteiger partial charge in [0.2, 0.25) is 0 Å². The second kappa shape index (κ2) is 6.08. The number of halogens is 1. The van der Waals surface area contributed by atoms with E-state index in [1.165, 1.54) is 18.2 Å². The maximum absolute atomic E-state index is 13.8. The lowest BCUT2D eigenvalue weighted by Crippen LogP contribution is -2.29. The summed E-state index contributed by atoms with van der Waals surface area (Å²) >= 11 is 0. The second-order valence-corrected chi connectivity index (χ2v) is 4.90. The van der Waals surface area contributed by atoms with Crippen LogP contribution in [-0.4, -0.2) is 34.6 Å². The third-order valence-corrected chi connectivity index (χ3v) is 3.30. The quantitative estimate of drug-likeness (QED) is 0.606. The van der Waals surface area contributed by atoms with E-state index >= 15 is 0 Å². The van der Waals surface area contributed by atoms with Crippen molar-refractivity contribution in [3.63, 3.8) is 0 Å². The Labute approximate surface area is 110 Å². The molecule has 104 valence electrons.